The second kappa shape index (κ2) is 9.25. The van der Waals surface area contributed by atoms with Crippen molar-refractivity contribution < 1.29 is 38.5 Å². The van der Waals surface area contributed by atoms with Crippen molar-refractivity contribution in [1.29, 1.82) is 0 Å². The molecule has 0 radical (unpaired) electrons. The van der Waals surface area contributed by atoms with Crippen molar-refractivity contribution >= 4 is 23.8 Å². The van der Waals surface area contributed by atoms with Gasteiger partial charge >= 0.3 is 17.9 Å². The smallest absolute Gasteiger partial charge is 0.347 e. The summed E-state index contributed by atoms with van der Waals surface area (Å²) < 4.78 is 15.0. The molecule has 0 aromatic heterocycles. The van der Waals surface area contributed by atoms with Gasteiger partial charge < -0.3 is 24.2 Å². The van der Waals surface area contributed by atoms with Crippen molar-refractivity contribution in [2.45, 2.75) is 50.8 Å². The Labute approximate surface area is 174 Å². The average Bonchev–Trinajstić information content (AvgIpc) is 2.92. The Hall–Kier alpha value is -2.94. The zero-order chi connectivity index (χ0) is 22.5. The first-order valence-corrected chi connectivity index (χ1v) is 9.68. The van der Waals surface area contributed by atoms with E-state index in [0.29, 0.717) is 5.56 Å². The summed E-state index contributed by atoms with van der Waals surface area (Å²) in [4.78, 5) is 52.7. The molecule has 1 N–H and O–H groups in total. The molecule has 2 atom stereocenters. The van der Waals surface area contributed by atoms with Gasteiger partial charge in [0.15, 0.2) is 0 Å². The van der Waals surface area contributed by atoms with Gasteiger partial charge in [-0.3, -0.25) is 4.79 Å². The molecular formula is C21H27NO8. The molecular weight excluding hydrogens is 394 g/mol. The number of likely N-dealkylation sites (tertiary alicyclic amines) is 1. The van der Waals surface area contributed by atoms with Crippen molar-refractivity contribution in [2.24, 2.45) is 0 Å². The second-order valence-electron chi connectivity index (χ2n) is 7.09. The first kappa shape index (κ1) is 23.3. The Morgan fingerprint density at radius 2 is 1.63 bits per heavy atom. The molecule has 0 saturated carbocycles. The molecule has 1 aromatic carbocycles. The number of ether oxygens (including phenoxy) is 3. The van der Waals surface area contributed by atoms with Crippen molar-refractivity contribution in [1.82, 2.24) is 4.90 Å². The number of carbonyl (C=O) groups is 4. The van der Waals surface area contributed by atoms with E-state index < -0.39 is 47.4 Å². The van der Waals surface area contributed by atoms with Crippen LogP contribution >= 0.6 is 0 Å². The number of aliphatic hydroxyl groups is 1. The van der Waals surface area contributed by atoms with E-state index in [1.807, 2.05) is 0 Å². The van der Waals surface area contributed by atoms with E-state index in [1.165, 1.54) is 20.8 Å². The lowest BCUT2D eigenvalue weighted by atomic mass is 9.80. The van der Waals surface area contributed by atoms with Gasteiger partial charge in [-0.2, -0.15) is 0 Å². The van der Waals surface area contributed by atoms with Crippen molar-refractivity contribution in [3.8, 4) is 0 Å². The summed E-state index contributed by atoms with van der Waals surface area (Å²) in [6.07, 6.45) is -0.622. The van der Waals surface area contributed by atoms with Gasteiger partial charge in [0.05, 0.1) is 26.7 Å². The zero-order valence-electron chi connectivity index (χ0n) is 17.5. The minimum atomic E-state index is -2.55. The Morgan fingerprint density at radius 1 is 1.10 bits per heavy atom. The summed E-state index contributed by atoms with van der Waals surface area (Å²) in [6, 6.07) is 7.36. The van der Waals surface area contributed by atoms with Crippen LogP contribution in [0.4, 0.5) is 0 Å². The van der Waals surface area contributed by atoms with Crippen molar-refractivity contribution in [3.05, 3.63) is 35.9 Å². The largest absolute Gasteiger partial charge is 0.467 e. The molecule has 9 nitrogen and oxygen atoms in total. The molecule has 1 aromatic rings. The maximum Gasteiger partial charge on any atom is 0.347 e. The van der Waals surface area contributed by atoms with Gasteiger partial charge in [-0.05, 0) is 26.3 Å². The van der Waals surface area contributed by atoms with Crippen LogP contribution < -0.4 is 0 Å². The number of hydrogen-bond acceptors (Lipinski definition) is 8. The van der Waals surface area contributed by atoms with Crippen LogP contribution in [-0.2, 0) is 39.8 Å². The highest BCUT2D eigenvalue weighted by Crippen LogP contribution is 2.43. The van der Waals surface area contributed by atoms with Crippen LogP contribution in [0, 0.1) is 0 Å². The molecule has 1 unspecified atom stereocenters. The first-order valence-electron chi connectivity index (χ1n) is 9.68. The summed E-state index contributed by atoms with van der Waals surface area (Å²) in [7, 11) is 1.13. The van der Waals surface area contributed by atoms with E-state index in [1.54, 1.807) is 30.3 Å². The number of carbonyl (C=O) groups excluding carboxylic acids is 4. The Balaban J connectivity index is 2.70. The second-order valence-corrected chi connectivity index (χ2v) is 7.09. The zero-order valence-corrected chi connectivity index (χ0v) is 17.5. The molecule has 1 amide bonds. The van der Waals surface area contributed by atoms with Gasteiger partial charge in [0.2, 0.25) is 5.91 Å². The van der Waals surface area contributed by atoms with Gasteiger partial charge in [-0.1, -0.05) is 30.3 Å². The SMILES string of the molecule is CCOC(=O)C1(C(=O)OCC)N([C@H](Cc2ccccc2)C(=O)OC)C(=O)CC1(C)O. The fourth-order valence-corrected chi connectivity index (χ4v) is 3.81. The van der Waals surface area contributed by atoms with E-state index in [-0.39, 0.29) is 19.6 Å². The van der Waals surface area contributed by atoms with Crippen LogP contribution in [0.1, 0.15) is 32.8 Å². The molecule has 0 spiro atoms. The minimum Gasteiger partial charge on any atom is -0.467 e. The number of methoxy groups -OCH3 is 1. The topological polar surface area (TPSA) is 119 Å². The van der Waals surface area contributed by atoms with E-state index >= 15 is 0 Å². The molecule has 9 heteroatoms. The monoisotopic (exact) mass is 421 g/mol. The van der Waals surface area contributed by atoms with Crippen LogP contribution in [0.25, 0.3) is 0 Å². The van der Waals surface area contributed by atoms with Crippen LogP contribution in [0.3, 0.4) is 0 Å². The highest BCUT2D eigenvalue weighted by molar-refractivity contribution is 6.13. The third-order valence-corrected chi connectivity index (χ3v) is 5.10. The molecule has 30 heavy (non-hydrogen) atoms. The number of hydrogen-bond donors (Lipinski definition) is 1. The van der Waals surface area contributed by atoms with Gasteiger partial charge in [-0.15, -0.1) is 0 Å². The quantitative estimate of drug-likeness (QED) is 0.369. The predicted molar refractivity (Wildman–Crippen MR) is 104 cm³/mol. The van der Waals surface area contributed by atoms with E-state index in [4.69, 9.17) is 14.2 Å². The average molecular weight is 421 g/mol. The van der Waals surface area contributed by atoms with Crippen molar-refractivity contribution in [3.63, 3.8) is 0 Å². The minimum absolute atomic E-state index is 0.0457. The molecule has 2 rings (SSSR count). The lowest BCUT2D eigenvalue weighted by Gasteiger charge is -2.42. The van der Waals surface area contributed by atoms with Crippen molar-refractivity contribution in [2.75, 3.05) is 20.3 Å². The van der Waals surface area contributed by atoms with Crippen LogP contribution in [0.2, 0.25) is 0 Å². The van der Waals surface area contributed by atoms with Crippen LogP contribution in [0.15, 0.2) is 30.3 Å². The number of nitrogens with zero attached hydrogens (tertiary/aromatic N) is 1. The lowest BCUT2D eigenvalue weighted by Crippen LogP contribution is -2.71. The molecule has 164 valence electrons. The van der Waals surface area contributed by atoms with Gasteiger partial charge in [-0.25, -0.2) is 14.4 Å². The Kier molecular flexibility index (Phi) is 7.20. The van der Waals surface area contributed by atoms with E-state index in [0.717, 1.165) is 12.0 Å². The highest BCUT2D eigenvalue weighted by atomic mass is 16.6. The maximum atomic E-state index is 13.1. The molecule has 0 bridgehead atoms. The summed E-state index contributed by atoms with van der Waals surface area (Å²) in [6.45, 7) is 4.00. The fourth-order valence-electron chi connectivity index (χ4n) is 3.81. The normalized spacial score (nSPS) is 21.1. The third-order valence-electron chi connectivity index (χ3n) is 5.10. The van der Waals surface area contributed by atoms with Gasteiger partial charge in [0, 0.05) is 6.42 Å². The van der Waals surface area contributed by atoms with Gasteiger partial charge in [0.1, 0.15) is 11.6 Å². The first-order chi connectivity index (χ1) is 14.2. The molecule has 1 saturated heterocycles. The summed E-state index contributed by atoms with van der Waals surface area (Å²) in [5.74, 6) is -3.95. The Bertz CT molecular complexity index is 786. The lowest BCUT2D eigenvalue weighted by molar-refractivity contribution is -0.192. The third kappa shape index (κ3) is 3.89. The number of esters is 3. The summed E-state index contributed by atoms with van der Waals surface area (Å²) in [5, 5.41) is 11.1. The number of benzene rings is 1. The molecule has 1 aliphatic heterocycles. The standard InChI is InChI=1S/C21H27NO8/c1-5-29-18(25)21(19(26)30-6-2)20(3,27)13-16(23)22(21)15(17(24)28-4)12-14-10-8-7-9-11-14/h7-11,15,27H,5-6,12-13H2,1-4H3/t15-,20?/m1/s1. The maximum absolute atomic E-state index is 13.1. The molecule has 0 aliphatic carbocycles. The highest BCUT2D eigenvalue weighted by Gasteiger charge is 2.73. The number of amides is 1. The van der Waals surface area contributed by atoms with Gasteiger partial charge in [0.25, 0.3) is 5.54 Å². The van der Waals surface area contributed by atoms with E-state index in [2.05, 4.69) is 0 Å². The summed E-state index contributed by atoms with van der Waals surface area (Å²) >= 11 is 0. The van der Waals surface area contributed by atoms with Crippen LogP contribution in [-0.4, -0.2) is 71.3 Å². The fraction of sp³-hybridized carbons (Fsp3) is 0.524. The number of rotatable bonds is 8. The molecule has 1 fully saturated rings. The van der Waals surface area contributed by atoms with Crippen LogP contribution in [0.5, 0.6) is 0 Å². The summed E-state index contributed by atoms with van der Waals surface area (Å²) in [5.41, 5.74) is -4.07. The Morgan fingerprint density at radius 3 is 2.10 bits per heavy atom. The van der Waals surface area contributed by atoms with E-state index in [9.17, 15) is 24.3 Å². The predicted octanol–water partition coefficient (Wildman–Crippen LogP) is 0.619. The molecule has 1 aliphatic rings. The molecule has 1 heterocycles.